The van der Waals surface area contributed by atoms with Crippen LogP contribution in [0.2, 0.25) is 5.02 Å². The third-order valence-electron chi connectivity index (χ3n) is 2.11. The molecule has 0 aromatic carbocycles. The van der Waals surface area contributed by atoms with Crippen LogP contribution in [0.25, 0.3) is 0 Å². The van der Waals surface area contributed by atoms with E-state index in [0.29, 0.717) is 5.75 Å². The number of nitrogen functional groups attached to an aromatic ring is 1. The first-order valence-electron chi connectivity index (χ1n) is 5.06. The lowest BCUT2D eigenvalue weighted by atomic mass is 10.4. The van der Waals surface area contributed by atoms with Crippen LogP contribution in [-0.2, 0) is 0 Å². The largest absolute Gasteiger partial charge is 0.434 e. The van der Waals surface area contributed by atoms with Crippen LogP contribution in [0.5, 0.6) is 11.6 Å². The first-order valence-corrected chi connectivity index (χ1v) is 5.43. The van der Waals surface area contributed by atoms with E-state index in [1.54, 1.807) is 17.1 Å². The molecule has 0 aliphatic carbocycles. The number of hydrogen-bond acceptors (Lipinski definition) is 5. The third kappa shape index (κ3) is 2.47. The van der Waals surface area contributed by atoms with E-state index in [1.807, 2.05) is 13.8 Å². The zero-order valence-corrected chi connectivity index (χ0v) is 10.2. The Balaban J connectivity index is 2.22. The third-order valence-corrected chi connectivity index (χ3v) is 2.46. The van der Waals surface area contributed by atoms with Crippen LogP contribution in [0.1, 0.15) is 19.9 Å². The van der Waals surface area contributed by atoms with Crippen molar-refractivity contribution < 1.29 is 4.74 Å². The summed E-state index contributed by atoms with van der Waals surface area (Å²) in [5.74, 6) is 0.967. The highest BCUT2D eigenvalue weighted by atomic mass is 35.5. The van der Waals surface area contributed by atoms with Gasteiger partial charge in [-0.3, -0.25) is 4.68 Å². The summed E-state index contributed by atoms with van der Waals surface area (Å²) in [6.45, 7) is 4.04. The quantitative estimate of drug-likeness (QED) is 0.908. The molecule has 0 unspecified atom stereocenters. The highest BCUT2D eigenvalue weighted by Crippen LogP contribution is 2.29. The van der Waals surface area contributed by atoms with Crippen LogP contribution in [0.15, 0.2) is 18.7 Å². The van der Waals surface area contributed by atoms with E-state index >= 15 is 0 Å². The molecule has 0 radical (unpaired) electrons. The molecule has 0 spiro atoms. The molecule has 2 N–H and O–H groups in total. The van der Waals surface area contributed by atoms with Crippen molar-refractivity contribution in [3.05, 3.63) is 23.7 Å². The molecule has 17 heavy (non-hydrogen) atoms. The van der Waals surface area contributed by atoms with Crippen LogP contribution < -0.4 is 10.5 Å². The lowest BCUT2D eigenvalue weighted by Crippen LogP contribution is -2.00. The molecule has 2 rings (SSSR count). The van der Waals surface area contributed by atoms with Crippen LogP contribution in [0.4, 0.5) is 5.82 Å². The molecule has 0 saturated carbocycles. The number of halogens is 1. The second-order valence-corrected chi connectivity index (χ2v) is 4.11. The molecule has 7 heteroatoms. The molecule has 0 aliphatic heterocycles. The summed E-state index contributed by atoms with van der Waals surface area (Å²) in [5.41, 5.74) is 5.54. The molecule has 90 valence electrons. The molecule has 2 aromatic rings. The lowest BCUT2D eigenvalue weighted by Gasteiger charge is -2.05. The van der Waals surface area contributed by atoms with Crippen molar-refractivity contribution in [2.75, 3.05) is 5.73 Å². The SMILES string of the molecule is CC(C)n1cc(Oc2ncnc(N)c2Cl)cn1. The van der Waals surface area contributed by atoms with Gasteiger partial charge in [-0.2, -0.15) is 10.1 Å². The van der Waals surface area contributed by atoms with Crippen molar-refractivity contribution in [3.8, 4) is 11.6 Å². The number of aromatic nitrogens is 4. The van der Waals surface area contributed by atoms with Gasteiger partial charge in [0.1, 0.15) is 17.2 Å². The van der Waals surface area contributed by atoms with E-state index in [2.05, 4.69) is 15.1 Å². The highest BCUT2D eigenvalue weighted by Gasteiger charge is 2.10. The van der Waals surface area contributed by atoms with E-state index in [0.717, 1.165) is 0 Å². The lowest BCUT2D eigenvalue weighted by molar-refractivity contribution is 0.458. The molecule has 0 fully saturated rings. The minimum atomic E-state index is 0.188. The van der Waals surface area contributed by atoms with Crippen molar-refractivity contribution in [3.63, 3.8) is 0 Å². The molecule has 2 aromatic heterocycles. The minimum Gasteiger partial charge on any atom is -0.434 e. The molecule has 0 bridgehead atoms. The average molecular weight is 254 g/mol. The summed E-state index contributed by atoms with van der Waals surface area (Å²) >= 11 is 5.91. The Morgan fingerprint density at radius 2 is 2.18 bits per heavy atom. The van der Waals surface area contributed by atoms with Gasteiger partial charge < -0.3 is 10.5 Å². The maximum Gasteiger partial charge on any atom is 0.243 e. The fourth-order valence-corrected chi connectivity index (χ4v) is 1.34. The molecule has 6 nitrogen and oxygen atoms in total. The second kappa shape index (κ2) is 4.58. The number of nitrogens with zero attached hydrogens (tertiary/aromatic N) is 4. The molecule has 0 atom stereocenters. The summed E-state index contributed by atoms with van der Waals surface area (Å²) < 4.78 is 7.25. The van der Waals surface area contributed by atoms with E-state index in [9.17, 15) is 0 Å². The van der Waals surface area contributed by atoms with Gasteiger partial charge in [0.2, 0.25) is 5.88 Å². The van der Waals surface area contributed by atoms with E-state index in [4.69, 9.17) is 22.1 Å². The number of ether oxygens (including phenoxy) is 1. The van der Waals surface area contributed by atoms with Gasteiger partial charge in [-0.25, -0.2) is 4.98 Å². The normalized spacial score (nSPS) is 10.8. The monoisotopic (exact) mass is 253 g/mol. The van der Waals surface area contributed by atoms with Gasteiger partial charge in [0.05, 0.1) is 12.4 Å². The first-order chi connectivity index (χ1) is 8.08. The van der Waals surface area contributed by atoms with Gasteiger partial charge >= 0.3 is 0 Å². The predicted octanol–water partition coefficient (Wildman–Crippen LogP) is 2.28. The zero-order chi connectivity index (χ0) is 12.4. The van der Waals surface area contributed by atoms with E-state index in [1.165, 1.54) is 6.33 Å². The first kappa shape index (κ1) is 11.7. The minimum absolute atomic E-state index is 0.188. The maximum absolute atomic E-state index is 5.91. The van der Waals surface area contributed by atoms with Crippen molar-refractivity contribution in [1.29, 1.82) is 0 Å². The zero-order valence-electron chi connectivity index (χ0n) is 9.46. The van der Waals surface area contributed by atoms with Gasteiger partial charge in [-0.1, -0.05) is 11.6 Å². The fourth-order valence-electron chi connectivity index (χ4n) is 1.20. The number of nitrogens with two attached hydrogens (primary N) is 1. The number of anilines is 1. The smallest absolute Gasteiger partial charge is 0.243 e. The van der Waals surface area contributed by atoms with Crippen molar-refractivity contribution >= 4 is 17.4 Å². The van der Waals surface area contributed by atoms with E-state index in [-0.39, 0.29) is 22.8 Å². The summed E-state index contributed by atoms with van der Waals surface area (Å²) in [6.07, 6.45) is 4.65. The van der Waals surface area contributed by atoms with Gasteiger partial charge in [-0.05, 0) is 13.8 Å². The van der Waals surface area contributed by atoms with Gasteiger partial charge in [0.25, 0.3) is 0 Å². The molecule has 0 saturated heterocycles. The van der Waals surface area contributed by atoms with Crippen molar-refractivity contribution in [2.24, 2.45) is 0 Å². The van der Waals surface area contributed by atoms with Crippen LogP contribution in [-0.4, -0.2) is 19.7 Å². The Hall–Kier alpha value is -1.82. The van der Waals surface area contributed by atoms with Crippen molar-refractivity contribution in [2.45, 2.75) is 19.9 Å². The molecular formula is C10H12ClN5O. The fraction of sp³-hybridized carbons (Fsp3) is 0.300. The number of hydrogen-bond donors (Lipinski definition) is 1. The predicted molar refractivity (Wildman–Crippen MR) is 64.1 cm³/mol. The van der Waals surface area contributed by atoms with Gasteiger partial charge in [0, 0.05) is 6.04 Å². The van der Waals surface area contributed by atoms with Crippen LogP contribution in [0, 0.1) is 0 Å². The van der Waals surface area contributed by atoms with Crippen LogP contribution in [0.3, 0.4) is 0 Å². The Labute approximate surface area is 103 Å². The second-order valence-electron chi connectivity index (χ2n) is 3.73. The summed E-state index contributed by atoms with van der Waals surface area (Å²) in [4.78, 5) is 7.65. The van der Waals surface area contributed by atoms with Crippen molar-refractivity contribution in [1.82, 2.24) is 19.7 Å². The van der Waals surface area contributed by atoms with E-state index < -0.39 is 0 Å². The number of rotatable bonds is 3. The molecule has 0 aliphatic rings. The molecule has 2 heterocycles. The van der Waals surface area contributed by atoms with Gasteiger partial charge in [-0.15, -0.1) is 0 Å². The standard InChI is InChI=1S/C10H12ClN5O/c1-6(2)16-4-7(3-15-16)17-10-8(11)9(12)13-5-14-10/h3-6H,1-2H3,(H2,12,13,14). The highest BCUT2D eigenvalue weighted by molar-refractivity contribution is 6.34. The summed E-state index contributed by atoms with van der Waals surface area (Å²) in [5, 5.41) is 4.34. The summed E-state index contributed by atoms with van der Waals surface area (Å²) in [7, 11) is 0. The molecular weight excluding hydrogens is 242 g/mol. The Bertz CT molecular complexity index is 525. The Morgan fingerprint density at radius 1 is 1.41 bits per heavy atom. The maximum atomic E-state index is 5.91. The van der Waals surface area contributed by atoms with Gasteiger partial charge in [0.15, 0.2) is 5.75 Å². The Morgan fingerprint density at radius 3 is 2.82 bits per heavy atom. The molecule has 0 amide bonds. The van der Waals surface area contributed by atoms with Crippen LogP contribution >= 0.6 is 11.6 Å². The summed E-state index contributed by atoms with van der Waals surface area (Å²) in [6, 6.07) is 0.262. The Kier molecular flexibility index (Phi) is 3.14. The topological polar surface area (TPSA) is 78.8 Å². The average Bonchev–Trinajstić information content (AvgIpc) is 2.73.